The molecule has 0 radical (unpaired) electrons. The lowest BCUT2D eigenvalue weighted by Crippen LogP contribution is -2.31. The molecule has 0 aromatic carbocycles. The number of Topliss-reactive ketones (excluding diaryl/α,β-unsaturated/α-hetero) is 1. The van der Waals surface area contributed by atoms with Crippen LogP contribution in [0.25, 0.3) is 0 Å². The first-order valence-corrected chi connectivity index (χ1v) is 5.48. The van der Waals surface area contributed by atoms with Gasteiger partial charge in [-0.2, -0.15) is 0 Å². The van der Waals surface area contributed by atoms with Gasteiger partial charge in [-0.15, -0.1) is 0 Å². The van der Waals surface area contributed by atoms with Crippen LogP contribution in [0.15, 0.2) is 36.6 Å². The van der Waals surface area contributed by atoms with E-state index >= 15 is 0 Å². The van der Waals surface area contributed by atoms with Gasteiger partial charge in [0, 0.05) is 12.1 Å². The maximum atomic E-state index is 11.8. The molecule has 0 aliphatic heterocycles. The molecule has 1 aliphatic carbocycles. The topological polar surface area (TPSA) is 46.2 Å². The molecule has 3 nitrogen and oxygen atoms in total. The largest absolute Gasteiger partial charge is 0.325 e. The Bertz CT molecular complexity index is 353. The SMILES string of the molecule is C=C/C=C(\C=C/C)NC(=O)C1CCCC1=O. The normalized spacial score (nSPS) is 21.4. The van der Waals surface area contributed by atoms with E-state index in [0.29, 0.717) is 18.5 Å². The standard InChI is InChI=1S/C13H17NO2/c1-3-6-10(7-4-2)14-13(16)11-8-5-9-12(11)15/h3-4,6-7,11H,1,5,8-9H2,2H3,(H,14,16)/b7-4-,10-6+. The van der Waals surface area contributed by atoms with Crippen molar-refractivity contribution in [2.24, 2.45) is 5.92 Å². The van der Waals surface area contributed by atoms with E-state index in [0.717, 1.165) is 6.42 Å². The second kappa shape index (κ2) is 6.05. The Labute approximate surface area is 95.9 Å². The minimum atomic E-state index is -0.460. The van der Waals surface area contributed by atoms with Gasteiger partial charge >= 0.3 is 0 Å². The van der Waals surface area contributed by atoms with Crippen LogP contribution in [0.5, 0.6) is 0 Å². The molecule has 1 unspecified atom stereocenters. The fraction of sp³-hybridized carbons (Fsp3) is 0.385. The van der Waals surface area contributed by atoms with Crippen molar-refractivity contribution >= 4 is 11.7 Å². The first kappa shape index (κ1) is 12.4. The van der Waals surface area contributed by atoms with Gasteiger partial charge in [0.05, 0.1) is 5.92 Å². The highest BCUT2D eigenvalue weighted by Crippen LogP contribution is 2.21. The molecule has 16 heavy (non-hydrogen) atoms. The summed E-state index contributed by atoms with van der Waals surface area (Å²) in [5.74, 6) is -0.608. The fourth-order valence-electron chi connectivity index (χ4n) is 1.77. The van der Waals surface area contributed by atoms with Crippen molar-refractivity contribution in [3.63, 3.8) is 0 Å². The zero-order valence-electron chi connectivity index (χ0n) is 9.53. The van der Waals surface area contributed by atoms with Gasteiger partial charge in [-0.3, -0.25) is 9.59 Å². The van der Waals surface area contributed by atoms with Gasteiger partial charge in [-0.05, 0) is 31.9 Å². The third-order valence-electron chi connectivity index (χ3n) is 2.53. The lowest BCUT2D eigenvalue weighted by molar-refractivity contribution is -0.131. The van der Waals surface area contributed by atoms with Crippen LogP contribution >= 0.6 is 0 Å². The molecule has 3 heteroatoms. The van der Waals surface area contributed by atoms with Gasteiger partial charge in [-0.25, -0.2) is 0 Å². The van der Waals surface area contributed by atoms with Crippen LogP contribution in [-0.2, 0) is 9.59 Å². The van der Waals surface area contributed by atoms with E-state index in [1.807, 2.05) is 13.0 Å². The number of nitrogens with one attached hydrogen (secondary N) is 1. The molecular formula is C13H17NO2. The molecule has 1 fully saturated rings. The van der Waals surface area contributed by atoms with Crippen LogP contribution in [0.2, 0.25) is 0 Å². The van der Waals surface area contributed by atoms with E-state index < -0.39 is 5.92 Å². The van der Waals surface area contributed by atoms with Crippen LogP contribution in [0.1, 0.15) is 26.2 Å². The molecule has 0 saturated heterocycles. The number of hydrogen-bond donors (Lipinski definition) is 1. The minimum Gasteiger partial charge on any atom is -0.325 e. The van der Waals surface area contributed by atoms with Gasteiger partial charge < -0.3 is 5.32 Å². The highest BCUT2D eigenvalue weighted by Gasteiger charge is 2.30. The summed E-state index contributed by atoms with van der Waals surface area (Å²) in [4.78, 5) is 23.2. The Morgan fingerprint density at radius 1 is 1.56 bits per heavy atom. The van der Waals surface area contributed by atoms with Crippen LogP contribution in [-0.4, -0.2) is 11.7 Å². The summed E-state index contributed by atoms with van der Waals surface area (Å²) in [6.07, 6.45) is 8.93. The van der Waals surface area contributed by atoms with E-state index in [2.05, 4.69) is 11.9 Å². The predicted octanol–water partition coefficient (Wildman–Crippen LogP) is 2.12. The fourth-order valence-corrected chi connectivity index (χ4v) is 1.77. The highest BCUT2D eigenvalue weighted by molar-refractivity contribution is 6.03. The van der Waals surface area contributed by atoms with Crippen LogP contribution in [0.4, 0.5) is 0 Å². The number of amides is 1. The molecule has 0 aromatic heterocycles. The molecule has 1 atom stereocenters. The van der Waals surface area contributed by atoms with Gasteiger partial charge in [0.15, 0.2) is 0 Å². The molecule has 0 aromatic rings. The number of allylic oxidation sites excluding steroid dienone is 4. The molecular weight excluding hydrogens is 202 g/mol. The summed E-state index contributed by atoms with van der Waals surface area (Å²) in [6, 6.07) is 0. The summed E-state index contributed by atoms with van der Waals surface area (Å²) in [6.45, 7) is 5.44. The van der Waals surface area contributed by atoms with Crippen molar-refractivity contribution in [2.75, 3.05) is 0 Å². The van der Waals surface area contributed by atoms with Crippen molar-refractivity contribution in [2.45, 2.75) is 26.2 Å². The second-order valence-electron chi connectivity index (χ2n) is 3.76. The lowest BCUT2D eigenvalue weighted by Gasteiger charge is -2.09. The molecule has 86 valence electrons. The Kier molecular flexibility index (Phi) is 4.70. The monoisotopic (exact) mass is 219 g/mol. The zero-order chi connectivity index (χ0) is 12.0. The molecule has 0 spiro atoms. The Morgan fingerprint density at radius 2 is 2.31 bits per heavy atom. The Hall–Kier alpha value is -1.64. The summed E-state index contributed by atoms with van der Waals surface area (Å²) in [5.41, 5.74) is 0.669. The second-order valence-corrected chi connectivity index (χ2v) is 3.76. The summed E-state index contributed by atoms with van der Waals surface area (Å²) >= 11 is 0. The maximum absolute atomic E-state index is 11.8. The van der Waals surface area contributed by atoms with E-state index in [-0.39, 0.29) is 11.7 Å². The van der Waals surface area contributed by atoms with Gasteiger partial charge in [-0.1, -0.05) is 18.7 Å². The maximum Gasteiger partial charge on any atom is 0.234 e. The average Bonchev–Trinajstić information content (AvgIpc) is 2.65. The summed E-state index contributed by atoms with van der Waals surface area (Å²) < 4.78 is 0. The van der Waals surface area contributed by atoms with Crippen LogP contribution < -0.4 is 5.32 Å². The first-order valence-electron chi connectivity index (χ1n) is 5.48. The van der Waals surface area contributed by atoms with E-state index in [1.54, 1.807) is 18.2 Å². The van der Waals surface area contributed by atoms with Gasteiger partial charge in [0.1, 0.15) is 5.78 Å². The number of rotatable bonds is 4. The molecule has 0 heterocycles. The molecule has 1 aliphatic rings. The minimum absolute atomic E-state index is 0.0518. The number of ketones is 1. The summed E-state index contributed by atoms with van der Waals surface area (Å²) in [7, 11) is 0. The Morgan fingerprint density at radius 3 is 2.81 bits per heavy atom. The number of carbonyl (C=O) groups is 2. The average molecular weight is 219 g/mol. The Balaban J connectivity index is 2.64. The van der Waals surface area contributed by atoms with E-state index in [4.69, 9.17) is 0 Å². The van der Waals surface area contributed by atoms with Crippen LogP contribution in [0, 0.1) is 5.92 Å². The van der Waals surface area contributed by atoms with Gasteiger partial charge in [0.2, 0.25) is 5.91 Å². The molecule has 1 rings (SSSR count). The molecule has 1 saturated carbocycles. The quantitative estimate of drug-likeness (QED) is 0.581. The molecule has 1 amide bonds. The van der Waals surface area contributed by atoms with Crippen molar-refractivity contribution in [3.8, 4) is 0 Å². The van der Waals surface area contributed by atoms with Gasteiger partial charge in [0.25, 0.3) is 0 Å². The van der Waals surface area contributed by atoms with Crippen LogP contribution in [0.3, 0.4) is 0 Å². The molecule has 0 bridgehead atoms. The van der Waals surface area contributed by atoms with Crippen molar-refractivity contribution in [1.82, 2.24) is 5.32 Å². The first-order chi connectivity index (χ1) is 7.69. The lowest BCUT2D eigenvalue weighted by atomic mass is 10.1. The molecule has 1 N–H and O–H groups in total. The number of carbonyl (C=O) groups excluding carboxylic acids is 2. The third-order valence-corrected chi connectivity index (χ3v) is 2.53. The van der Waals surface area contributed by atoms with Crippen molar-refractivity contribution in [3.05, 3.63) is 36.6 Å². The van der Waals surface area contributed by atoms with E-state index in [9.17, 15) is 9.59 Å². The smallest absolute Gasteiger partial charge is 0.234 e. The zero-order valence-corrected chi connectivity index (χ0v) is 9.53. The third kappa shape index (κ3) is 3.19. The van der Waals surface area contributed by atoms with E-state index in [1.165, 1.54) is 0 Å². The van der Waals surface area contributed by atoms with Crippen molar-refractivity contribution < 1.29 is 9.59 Å². The number of hydrogen-bond acceptors (Lipinski definition) is 2. The highest BCUT2D eigenvalue weighted by atomic mass is 16.2. The van der Waals surface area contributed by atoms with Crippen molar-refractivity contribution in [1.29, 1.82) is 0 Å². The summed E-state index contributed by atoms with van der Waals surface area (Å²) in [5, 5.41) is 2.73. The predicted molar refractivity (Wildman–Crippen MR) is 63.6 cm³/mol.